The lowest BCUT2D eigenvalue weighted by molar-refractivity contribution is -0.116. The summed E-state index contributed by atoms with van der Waals surface area (Å²) in [5.41, 5.74) is 5.59. The van der Waals surface area contributed by atoms with Crippen molar-refractivity contribution in [3.8, 4) is 0 Å². The van der Waals surface area contributed by atoms with Gasteiger partial charge in [-0.25, -0.2) is 0 Å². The molecule has 0 fully saturated rings. The Bertz CT molecular complexity index is 1520. The average molecular weight is 492 g/mol. The van der Waals surface area contributed by atoms with E-state index in [9.17, 15) is 9.59 Å². The first kappa shape index (κ1) is 24.1. The van der Waals surface area contributed by atoms with Crippen LogP contribution in [0.5, 0.6) is 0 Å². The van der Waals surface area contributed by atoms with Crippen molar-refractivity contribution in [3.63, 3.8) is 0 Å². The van der Waals surface area contributed by atoms with Gasteiger partial charge in [0.15, 0.2) is 0 Å². The summed E-state index contributed by atoms with van der Waals surface area (Å²) in [6, 6.07) is 29.5. The van der Waals surface area contributed by atoms with E-state index in [0.29, 0.717) is 43.1 Å². The van der Waals surface area contributed by atoms with Crippen molar-refractivity contribution in [3.05, 3.63) is 125 Å². The fourth-order valence-corrected chi connectivity index (χ4v) is 4.50. The third-order valence-electron chi connectivity index (χ3n) is 6.33. The van der Waals surface area contributed by atoms with E-state index in [0.717, 1.165) is 22.0 Å². The van der Waals surface area contributed by atoms with Gasteiger partial charge in [-0.15, -0.1) is 0 Å². The predicted molar refractivity (Wildman–Crippen MR) is 145 cm³/mol. The summed E-state index contributed by atoms with van der Waals surface area (Å²) in [5.74, 6) is 0.461. The molecule has 0 aliphatic heterocycles. The molecule has 3 aromatic carbocycles. The second kappa shape index (κ2) is 11.0. The van der Waals surface area contributed by atoms with E-state index in [1.165, 1.54) is 5.56 Å². The minimum atomic E-state index is -0.186. The lowest BCUT2D eigenvalue weighted by Gasteiger charge is -2.12. The first-order chi connectivity index (χ1) is 18.0. The van der Waals surface area contributed by atoms with Crippen LogP contribution in [0.4, 0.5) is 5.69 Å². The summed E-state index contributed by atoms with van der Waals surface area (Å²) >= 11 is 0. The van der Waals surface area contributed by atoms with Gasteiger partial charge in [0.1, 0.15) is 11.5 Å². The van der Waals surface area contributed by atoms with Gasteiger partial charge in [-0.05, 0) is 60.9 Å². The SMILES string of the molecule is Cc1cccc(Cn2c(C(=O)NCc3ccco3)cc3cc(NC(=O)CCc4ccccc4)ccc32)c1. The number of furan rings is 1. The quantitative estimate of drug-likeness (QED) is 0.262. The van der Waals surface area contributed by atoms with E-state index in [4.69, 9.17) is 4.42 Å². The number of carbonyl (C=O) groups excluding carboxylic acids is 2. The van der Waals surface area contributed by atoms with Crippen molar-refractivity contribution in [2.75, 3.05) is 5.32 Å². The van der Waals surface area contributed by atoms with E-state index in [2.05, 4.69) is 35.8 Å². The molecule has 2 aromatic heterocycles. The molecule has 5 aromatic rings. The number of nitrogens with zero attached hydrogens (tertiary/aromatic N) is 1. The largest absolute Gasteiger partial charge is 0.467 e. The number of aryl methyl sites for hydroxylation is 2. The number of fused-ring (bicyclic) bond motifs is 1. The maximum atomic E-state index is 13.2. The monoisotopic (exact) mass is 491 g/mol. The smallest absolute Gasteiger partial charge is 0.268 e. The van der Waals surface area contributed by atoms with Gasteiger partial charge in [0.2, 0.25) is 5.91 Å². The average Bonchev–Trinajstić information content (AvgIpc) is 3.55. The maximum absolute atomic E-state index is 13.2. The minimum Gasteiger partial charge on any atom is -0.467 e. The molecular formula is C31H29N3O3. The van der Waals surface area contributed by atoms with Crippen LogP contribution >= 0.6 is 0 Å². The molecule has 0 unspecified atom stereocenters. The molecule has 0 bridgehead atoms. The van der Waals surface area contributed by atoms with E-state index < -0.39 is 0 Å². The summed E-state index contributed by atoms with van der Waals surface area (Å²) in [5, 5.41) is 6.84. The highest BCUT2D eigenvalue weighted by Crippen LogP contribution is 2.25. The van der Waals surface area contributed by atoms with Crippen LogP contribution in [0.25, 0.3) is 10.9 Å². The van der Waals surface area contributed by atoms with Crippen molar-refractivity contribution in [1.29, 1.82) is 0 Å². The molecule has 0 atom stereocenters. The van der Waals surface area contributed by atoms with E-state index >= 15 is 0 Å². The van der Waals surface area contributed by atoms with Crippen LogP contribution < -0.4 is 10.6 Å². The Morgan fingerprint density at radius 1 is 0.865 bits per heavy atom. The highest BCUT2D eigenvalue weighted by molar-refractivity contribution is 6.00. The molecular weight excluding hydrogens is 462 g/mol. The van der Waals surface area contributed by atoms with Crippen molar-refractivity contribution in [2.45, 2.75) is 32.9 Å². The maximum Gasteiger partial charge on any atom is 0.268 e. The van der Waals surface area contributed by atoms with Crippen LogP contribution in [0.1, 0.15) is 39.4 Å². The summed E-state index contributed by atoms with van der Waals surface area (Å²) in [6.07, 6.45) is 2.67. The van der Waals surface area contributed by atoms with E-state index in [1.807, 2.05) is 71.3 Å². The summed E-state index contributed by atoms with van der Waals surface area (Å²) in [4.78, 5) is 25.8. The molecule has 2 heterocycles. The minimum absolute atomic E-state index is 0.0428. The zero-order valence-corrected chi connectivity index (χ0v) is 20.7. The highest BCUT2D eigenvalue weighted by atomic mass is 16.3. The number of rotatable bonds is 9. The van der Waals surface area contributed by atoms with E-state index in [1.54, 1.807) is 12.3 Å². The van der Waals surface area contributed by atoms with Gasteiger partial charge >= 0.3 is 0 Å². The van der Waals surface area contributed by atoms with Crippen LogP contribution in [-0.4, -0.2) is 16.4 Å². The number of hydrogen-bond donors (Lipinski definition) is 2. The van der Waals surface area contributed by atoms with Gasteiger partial charge in [-0.1, -0.05) is 60.2 Å². The van der Waals surface area contributed by atoms with Crippen LogP contribution in [0.15, 0.2) is 102 Å². The second-order valence-corrected chi connectivity index (χ2v) is 9.17. The molecule has 0 aliphatic rings. The third kappa shape index (κ3) is 5.98. The number of aromatic nitrogens is 1. The Morgan fingerprint density at radius 3 is 2.49 bits per heavy atom. The molecule has 0 spiro atoms. The Balaban J connectivity index is 1.38. The van der Waals surface area contributed by atoms with E-state index in [-0.39, 0.29) is 11.8 Å². The number of anilines is 1. The molecule has 0 saturated heterocycles. The van der Waals surface area contributed by atoms with Crippen molar-refractivity contribution in [2.24, 2.45) is 0 Å². The summed E-state index contributed by atoms with van der Waals surface area (Å²) < 4.78 is 7.37. The molecule has 0 saturated carbocycles. The molecule has 6 heteroatoms. The Hall–Kier alpha value is -4.58. The van der Waals surface area contributed by atoms with Gasteiger partial charge in [0, 0.05) is 29.6 Å². The molecule has 2 amide bonds. The Labute approximate surface area is 215 Å². The predicted octanol–water partition coefficient (Wildman–Crippen LogP) is 6.09. The van der Waals surface area contributed by atoms with Crippen LogP contribution in [-0.2, 0) is 24.3 Å². The lowest BCUT2D eigenvalue weighted by atomic mass is 10.1. The number of nitrogens with one attached hydrogen (secondary N) is 2. The van der Waals surface area contributed by atoms with Crippen molar-refractivity contribution < 1.29 is 14.0 Å². The van der Waals surface area contributed by atoms with Crippen LogP contribution in [0.3, 0.4) is 0 Å². The van der Waals surface area contributed by atoms with Crippen molar-refractivity contribution >= 4 is 28.4 Å². The molecule has 2 N–H and O–H groups in total. The number of carbonyl (C=O) groups is 2. The number of benzene rings is 3. The second-order valence-electron chi connectivity index (χ2n) is 9.17. The van der Waals surface area contributed by atoms with Gasteiger partial charge in [-0.3, -0.25) is 9.59 Å². The molecule has 37 heavy (non-hydrogen) atoms. The Kier molecular flexibility index (Phi) is 7.17. The topological polar surface area (TPSA) is 76.3 Å². The zero-order chi connectivity index (χ0) is 25.6. The molecule has 0 aliphatic carbocycles. The summed E-state index contributed by atoms with van der Waals surface area (Å²) in [7, 11) is 0. The van der Waals surface area contributed by atoms with Crippen LogP contribution in [0, 0.1) is 6.92 Å². The molecule has 5 rings (SSSR count). The first-order valence-corrected chi connectivity index (χ1v) is 12.4. The normalized spacial score (nSPS) is 10.9. The third-order valence-corrected chi connectivity index (χ3v) is 6.33. The van der Waals surface area contributed by atoms with Crippen LogP contribution in [0.2, 0.25) is 0 Å². The lowest BCUT2D eigenvalue weighted by Crippen LogP contribution is -2.25. The van der Waals surface area contributed by atoms with Gasteiger partial charge in [-0.2, -0.15) is 0 Å². The highest BCUT2D eigenvalue weighted by Gasteiger charge is 2.17. The summed E-state index contributed by atoms with van der Waals surface area (Å²) in [6.45, 7) is 2.92. The first-order valence-electron chi connectivity index (χ1n) is 12.4. The number of hydrogen-bond acceptors (Lipinski definition) is 3. The number of amides is 2. The molecule has 0 radical (unpaired) electrons. The fourth-order valence-electron chi connectivity index (χ4n) is 4.50. The van der Waals surface area contributed by atoms with Gasteiger partial charge in [0.25, 0.3) is 5.91 Å². The van der Waals surface area contributed by atoms with Crippen molar-refractivity contribution in [1.82, 2.24) is 9.88 Å². The standard InChI is InChI=1S/C31H29N3O3/c1-22-7-5-10-24(17-22)21-34-28-14-13-26(33-30(35)15-12-23-8-3-2-4-9-23)18-25(28)19-29(34)31(36)32-20-27-11-6-16-37-27/h2-11,13-14,16-19H,12,15,20-21H2,1H3,(H,32,36)(H,33,35). The van der Waals surface area contributed by atoms with Gasteiger partial charge in [0.05, 0.1) is 12.8 Å². The fraction of sp³-hybridized carbons (Fsp3) is 0.161. The zero-order valence-electron chi connectivity index (χ0n) is 20.7. The molecule has 186 valence electrons. The Morgan fingerprint density at radius 2 is 1.70 bits per heavy atom. The van der Waals surface area contributed by atoms with Gasteiger partial charge < -0.3 is 19.6 Å². The molecule has 6 nitrogen and oxygen atoms in total.